The van der Waals surface area contributed by atoms with E-state index in [1.54, 1.807) is 24.3 Å². The van der Waals surface area contributed by atoms with E-state index in [9.17, 15) is 9.59 Å². The topological polar surface area (TPSA) is 58.2 Å². The van der Waals surface area contributed by atoms with Crippen molar-refractivity contribution >= 4 is 29.1 Å². The van der Waals surface area contributed by atoms with Crippen molar-refractivity contribution in [3.8, 4) is 0 Å². The summed E-state index contributed by atoms with van der Waals surface area (Å²) < 4.78 is 0. The zero-order valence-electron chi connectivity index (χ0n) is 10.6. The summed E-state index contributed by atoms with van der Waals surface area (Å²) in [6.45, 7) is 0.313. The number of nitrogens with one attached hydrogen (secondary N) is 2. The Morgan fingerprint density at radius 2 is 1.55 bits per heavy atom. The van der Waals surface area contributed by atoms with Gasteiger partial charge in [-0.3, -0.25) is 9.59 Å². The highest BCUT2D eigenvalue weighted by atomic mass is 35.5. The smallest absolute Gasteiger partial charge is 0.313 e. The van der Waals surface area contributed by atoms with Crippen molar-refractivity contribution in [3.05, 3.63) is 65.2 Å². The van der Waals surface area contributed by atoms with Crippen molar-refractivity contribution in [1.82, 2.24) is 5.32 Å². The molecule has 2 rings (SSSR count). The van der Waals surface area contributed by atoms with Crippen LogP contribution in [0.15, 0.2) is 54.6 Å². The molecule has 0 aromatic heterocycles. The first-order valence-corrected chi connectivity index (χ1v) is 6.41. The number of benzene rings is 2. The van der Waals surface area contributed by atoms with Gasteiger partial charge in [0.1, 0.15) is 0 Å². The molecule has 0 saturated carbocycles. The zero-order valence-corrected chi connectivity index (χ0v) is 11.4. The van der Waals surface area contributed by atoms with E-state index >= 15 is 0 Å². The van der Waals surface area contributed by atoms with Crippen LogP contribution in [0.2, 0.25) is 5.02 Å². The van der Waals surface area contributed by atoms with Gasteiger partial charge in [-0.25, -0.2) is 0 Å². The second kappa shape index (κ2) is 6.73. The molecule has 2 aromatic rings. The quantitative estimate of drug-likeness (QED) is 0.853. The van der Waals surface area contributed by atoms with Crippen molar-refractivity contribution in [2.24, 2.45) is 0 Å². The third-order valence-electron chi connectivity index (χ3n) is 2.60. The van der Waals surface area contributed by atoms with Gasteiger partial charge in [0.25, 0.3) is 0 Å². The van der Waals surface area contributed by atoms with Crippen molar-refractivity contribution in [2.75, 3.05) is 5.32 Å². The molecule has 2 amide bonds. The minimum atomic E-state index is -0.705. The summed E-state index contributed by atoms with van der Waals surface area (Å²) in [4.78, 5) is 23.3. The standard InChI is InChI=1S/C15H13ClN2O2/c16-12-6-8-13(9-7-12)18-15(20)14(19)17-10-11-4-2-1-3-5-11/h1-9H,10H2,(H,17,19)(H,18,20). The Kier molecular flexibility index (Phi) is 4.74. The molecule has 0 aliphatic rings. The van der Waals surface area contributed by atoms with Crippen LogP contribution in [-0.2, 0) is 16.1 Å². The second-order valence-corrected chi connectivity index (χ2v) is 4.57. The number of carbonyl (C=O) groups excluding carboxylic acids is 2. The highest BCUT2D eigenvalue weighted by molar-refractivity contribution is 6.39. The Morgan fingerprint density at radius 3 is 2.20 bits per heavy atom. The SMILES string of the molecule is O=C(NCc1ccccc1)C(=O)Nc1ccc(Cl)cc1. The van der Waals surface area contributed by atoms with Gasteiger partial charge in [-0.05, 0) is 29.8 Å². The molecule has 0 unspecified atom stereocenters. The van der Waals surface area contributed by atoms with E-state index in [-0.39, 0.29) is 0 Å². The summed E-state index contributed by atoms with van der Waals surface area (Å²) in [5.41, 5.74) is 1.45. The summed E-state index contributed by atoms with van der Waals surface area (Å²) in [7, 11) is 0. The largest absolute Gasteiger partial charge is 0.344 e. The molecule has 2 N–H and O–H groups in total. The lowest BCUT2D eigenvalue weighted by atomic mass is 10.2. The number of hydrogen-bond acceptors (Lipinski definition) is 2. The van der Waals surface area contributed by atoms with Gasteiger partial charge in [-0.2, -0.15) is 0 Å². The molecule has 0 aliphatic carbocycles. The molecule has 0 aliphatic heterocycles. The molecule has 2 aromatic carbocycles. The highest BCUT2D eigenvalue weighted by Crippen LogP contribution is 2.13. The van der Waals surface area contributed by atoms with Crippen LogP contribution in [0.3, 0.4) is 0 Å². The molecule has 0 spiro atoms. The van der Waals surface area contributed by atoms with Crippen LogP contribution in [0.4, 0.5) is 5.69 Å². The molecule has 0 saturated heterocycles. The van der Waals surface area contributed by atoms with Crippen LogP contribution in [0, 0.1) is 0 Å². The van der Waals surface area contributed by atoms with Crippen LogP contribution in [-0.4, -0.2) is 11.8 Å². The molecule has 5 heteroatoms. The number of anilines is 1. The minimum Gasteiger partial charge on any atom is -0.344 e. The first-order chi connectivity index (χ1) is 9.65. The van der Waals surface area contributed by atoms with E-state index in [4.69, 9.17) is 11.6 Å². The van der Waals surface area contributed by atoms with Gasteiger partial charge < -0.3 is 10.6 Å². The molecular formula is C15H13ClN2O2. The molecular weight excluding hydrogens is 276 g/mol. The maximum absolute atomic E-state index is 11.7. The predicted molar refractivity (Wildman–Crippen MR) is 78.4 cm³/mol. The van der Waals surface area contributed by atoms with Crippen LogP contribution < -0.4 is 10.6 Å². The van der Waals surface area contributed by atoms with Gasteiger partial charge in [-0.15, -0.1) is 0 Å². The average Bonchev–Trinajstić information content (AvgIpc) is 2.48. The summed E-state index contributed by atoms with van der Waals surface area (Å²) in [6.07, 6.45) is 0. The number of amides is 2. The third-order valence-corrected chi connectivity index (χ3v) is 2.86. The van der Waals surface area contributed by atoms with Gasteiger partial charge in [0, 0.05) is 17.3 Å². The monoisotopic (exact) mass is 288 g/mol. The fraction of sp³-hybridized carbons (Fsp3) is 0.0667. The molecule has 0 radical (unpaired) electrons. The predicted octanol–water partition coefficient (Wildman–Crippen LogP) is 2.59. The minimum absolute atomic E-state index is 0.313. The molecule has 0 bridgehead atoms. The van der Waals surface area contributed by atoms with Crippen LogP contribution >= 0.6 is 11.6 Å². The molecule has 102 valence electrons. The van der Waals surface area contributed by atoms with Gasteiger partial charge in [0.2, 0.25) is 0 Å². The second-order valence-electron chi connectivity index (χ2n) is 4.13. The molecule has 0 atom stereocenters. The fourth-order valence-corrected chi connectivity index (χ4v) is 1.71. The van der Waals surface area contributed by atoms with Crippen LogP contribution in [0.1, 0.15) is 5.56 Å². The fourth-order valence-electron chi connectivity index (χ4n) is 1.58. The van der Waals surface area contributed by atoms with E-state index in [1.807, 2.05) is 30.3 Å². The molecule has 20 heavy (non-hydrogen) atoms. The van der Waals surface area contributed by atoms with E-state index in [2.05, 4.69) is 10.6 Å². The highest BCUT2D eigenvalue weighted by Gasteiger charge is 2.12. The lowest BCUT2D eigenvalue weighted by Gasteiger charge is -2.06. The van der Waals surface area contributed by atoms with E-state index in [1.165, 1.54) is 0 Å². The number of hydrogen-bond donors (Lipinski definition) is 2. The van der Waals surface area contributed by atoms with E-state index in [0.29, 0.717) is 17.3 Å². The Bertz CT molecular complexity index is 597. The van der Waals surface area contributed by atoms with E-state index in [0.717, 1.165) is 5.56 Å². The van der Waals surface area contributed by atoms with Crippen molar-refractivity contribution in [2.45, 2.75) is 6.54 Å². The lowest BCUT2D eigenvalue weighted by Crippen LogP contribution is -2.34. The molecule has 0 fully saturated rings. The Labute approximate surface area is 121 Å². The van der Waals surface area contributed by atoms with Gasteiger partial charge in [0.15, 0.2) is 0 Å². The maximum atomic E-state index is 11.7. The van der Waals surface area contributed by atoms with E-state index < -0.39 is 11.8 Å². The molecule has 0 heterocycles. The van der Waals surface area contributed by atoms with Crippen molar-refractivity contribution in [3.63, 3.8) is 0 Å². The summed E-state index contributed by atoms with van der Waals surface area (Å²) in [5.74, 6) is -1.38. The van der Waals surface area contributed by atoms with Crippen LogP contribution in [0.5, 0.6) is 0 Å². The summed E-state index contributed by atoms with van der Waals surface area (Å²) >= 11 is 5.74. The Hall–Kier alpha value is -2.33. The lowest BCUT2D eigenvalue weighted by molar-refractivity contribution is -0.136. The normalized spacial score (nSPS) is 9.85. The van der Waals surface area contributed by atoms with Crippen LogP contribution in [0.25, 0.3) is 0 Å². The van der Waals surface area contributed by atoms with Crippen molar-refractivity contribution < 1.29 is 9.59 Å². The maximum Gasteiger partial charge on any atom is 0.313 e. The van der Waals surface area contributed by atoms with Gasteiger partial charge >= 0.3 is 11.8 Å². The molecule has 4 nitrogen and oxygen atoms in total. The Balaban J connectivity index is 1.86. The summed E-state index contributed by atoms with van der Waals surface area (Å²) in [5, 5.41) is 5.62. The van der Waals surface area contributed by atoms with Gasteiger partial charge in [0.05, 0.1) is 0 Å². The van der Waals surface area contributed by atoms with Gasteiger partial charge in [-0.1, -0.05) is 41.9 Å². The summed E-state index contributed by atoms with van der Waals surface area (Å²) in [6, 6.07) is 15.9. The first-order valence-electron chi connectivity index (χ1n) is 6.04. The zero-order chi connectivity index (χ0) is 14.4. The Morgan fingerprint density at radius 1 is 0.900 bits per heavy atom. The van der Waals surface area contributed by atoms with Crippen molar-refractivity contribution in [1.29, 1.82) is 0 Å². The first kappa shape index (κ1) is 14.1. The average molecular weight is 289 g/mol. The third kappa shape index (κ3) is 4.10. The number of rotatable bonds is 3. The number of carbonyl (C=O) groups is 2. The number of halogens is 1.